The van der Waals surface area contributed by atoms with Crippen LogP contribution in [-0.2, 0) is 4.79 Å². The third-order valence-corrected chi connectivity index (χ3v) is 3.62. The SMILES string of the molecule is C/C=C/C(c1ccccc1)C1CCCCC1=O. The molecule has 0 radical (unpaired) electrons. The highest BCUT2D eigenvalue weighted by Gasteiger charge is 2.29. The molecule has 1 aliphatic rings. The lowest BCUT2D eigenvalue weighted by Gasteiger charge is -2.27. The fraction of sp³-hybridized carbons (Fsp3) is 0.438. The normalized spacial score (nSPS) is 22.9. The molecule has 2 unspecified atom stereocenters. The molecule has 0 bridgehead atoms. The molecule has 1 aromatic rings. The van der Waals surface area contributed by atoms with Crippen LogP contribution in [0.25, 0.3) is 0 Å². The standard InChI is InChI=1S/C16H20O/c1-2-8-14(13-9-4-3-5-10-13)15-11-6-7-12-16(15)17/h2-5,8-10,14-15H,6-7,11-12H2,1H3/b8-2+. The molecule has 0 aromatic heterocycles. The topological polar surface area (TPSA) is 17.1 Å². The van der Waals surface area contributed by atoms with E-state index in [1.165, 1.54) is 12.0 Å². The number of hydrogen-bond donors (Lipinski definition) is 0. The fourth-order valence-electron chi connectivity index (χ4n) is 2.75. The minimum atomic E-state index is 0.197. The van der Waals surface area contributed by atoms with Crippen molar-refractivity contribution >= 4 is 5.78 Å². The fourth-order valence-corrected chi connectivity index (χ4v) is 2.75. The number of ketones is 1. The monoisotopic (exact) mass is 228 g/mol. The lowest BCUT2D eigenvalue weighted by atomic mass is 9.76. The number of carbonyl (C=O) groups excluding carboxylic acids is 1. The molecule has 2 rings (SSSR count). The van der Waals surface area contributed by atoms with Crippen LogP contribution in [0.4, 0.5) is 0 Å². The number of benzene rings is 1. The van der Waals surface area contributed by atoms with Crippen molar-refractivity contribution in [2.45, 2.75) is 38.5 Å². The molecule has 0 saturated heterocycles. The molecule has 1 aliphatic carbocycles. The van der Waals surface area contributed by atoms with E-state index in [1.54, 1.807) is 0 Å². The van der Waals surface area contributed by atoms with Gasteiger partial charge in [-0.2, -0.15) is 0 Å². The van der Waals surface area contributed by atoms with E-state index in [4.69, 9.17) is 0 Å². The predicted molar refractivity (Wildman–Crippen MR) is 71.0 cm³/mol. The number of hydrogen-bond acceptors (Lipinski definition) is 1. The highest BCUT2D eigenvalue weighted by Crippen LogP contribution is 2.34. The van der Waals surface area contributed by atoms with Gasteiger partial charge in [-0.3, -0.25) is 4.79 Å². The largest absolute Gasteiger partial charge is 0.299 e. The molecule has 1 nitrogen and oxygen atoms in total. The maximum absolute atomic E-state index is 12.0. The lowest BCUT2D eigenvalue weighted by Crippen LogP contribution is -2.24. The maximum Gasteiger partial charge on any atom is 0.136 e. The Morgan fingerprint density at radius 1 is 1.24 bits per heavy atom. The smallest absolute Gasteiger partial charge is 0.136 e. The van der Waals surface area contributed by atoms with Gasteiger partial charge in [-0.05, 0) is 25.3 Å². The number of carbonyl (C=O) groups is 1. The van der Waals surface area contributed by atoms with Gasteiger partial charge in [0.05, 0.1) is 0 Å². The highest BCUT2D eigenvalue weighted by molar-refractivity contribution is 5.83. The van der Waals surface area contributed by atoms with Gasteiger partial charge in [-0.25, -0.2) is 0 Å². The van der Waals surface area contributed by atoms with E-state index < -0.39 is 0 Å². The van der Waals surface area contributed by atoms with E-state index in [0.29, 0.717) is 5.78 Å². The number of allylic oxidation sites excluding steroid dienone is 2. The van der Waals surface area contributed by atoms with Gasteiger partial charge in [-0.1, -0.05) is 48.9 Å². The molecule has 1 aromatic carbocycles. The van der Waals surface area contributed by atoms with E-state index >= 15 is 0 Å². The van der Waals surface area contributed by atoms with E-state index in [1.807, 2.05) is 13.0 Å². The first-order chi connectivity index (χ1) is 8.33. The van der Waals surface area contributed by atoms with Crippen molar-refractivity contribution in [2.75, 3.05) is 0 Å². The summed E-state index contributed by atoms with van der Waals surface area (Å²) in [7, 11) is 0. The van der Waals surface area contributed by atoms with E-state index in [2.05, 4.69) is 36.4 Å². The Kier molecular flexibility index (Phi) is 4.13. The van der Waals surface area contributed by atoms with Crippen LogP contribution in [0.3, 0.4) is 0 Å². The molecule has 2 atom stereocenters. The van der Waals surface area contributed by atoms with Gasteiger partial charge in [0.1, 0.15) is 5.78 Å². The summed E-state index contributed by atoms with van der Waals surface area (Å²) in [5, 5.41) is 0. The van der Waals surface area contributed by atoms with Crippen molar-refractivity contribution in [3.05, 3.63) is 48.0 Å². The molecule has 0 spiro atoms. The van der Waals surface area contributed by atoms with Crippen LogP contribution in [0.5, 0.6) is 0 Å². The summed E-state index contributed by atoms with van der Waals surface area (Å²) in [6, 6.07) is 10.4. The van der Waals surface area contributed by atoms with Crippen molar-refractivity contribution < 1.29 is 4.79 Å². The summed E-state index contributed by atoms with van der Waals surface area (Å²) in [5.74, 6) is 0.916. The van der Waals surface area contributed by atoms with Crippen LogP contribution in [0.2, 0.25) is 0 Å². The van der Waals surface area contributed by atoms with E-state index in [-0.39, 0.29) is 11.8 Å². The molecule has 0 heterocycles. The first kappa shape index (κ1) is 12.1. The van der Waals surface area contributed by atoms with E-state index in [9.17, 15) is 4.79 Å². The maximum atomic E-state index is 12.0. The van der Waals surface area contributed by atoms with Crippen molar-refractivity contribution in [3.63, 3.8) is 0 Å². The molecule has 0 amide bonds. The van der Waals surface area contributed by atoms with Crippen LogP contribution in [0, 0.1) is 5.92 Å². The van der Waals surface area contributed by atoms with Gasteiger partial charge in [0, 0.05) is 18.3 Å². The third kappa shape index (κ3) is 2.85. The molecule has 0 N–H and O–H groups in total. The molecule has 17 heavy (non-hydrogen) atoms. The second-order valence-electron chi connectivity index (χ2n) is 4.78. The van der Waals surface area contributed by atoms with Crippen molar-refractivity contribution in [2.24, 2.45) is 5.92 Å². The van der Waals surface area contributed by atoms with Gasteiger partial charge < -0.3 is 0 Å². The Labute approximate surface area is 104 Å². The van der Waals surface area contributed by atoms with Crippen molar-refractivity contribution in [1.29, 1.82) is 0 Å². The highest BCUT2D eigenvalue weighted by atomic mass is 16.1. The molecular formula is C16H20O. The zero-order valence-corrected chi connectivity index (χ0v) is 10.4. The first-order valence-electron chi connectivity index (χ1n) is 6.53. The molecule has 0 aliphatic heterocycles. The average molecular weight is 228 g/mol. The van der Waals surface area contributed by atoms with Crippen LogP contribution in [0.15, 0.2) is 42.5 Å². The lowest BCUT2D eigenvalue weighted by molar-refractivity contribution is -0.124. The Hall–Kier alpha value is -1.37. The second kappa shape index (κ2) is 5.81. The van der Waals surface area contributed by atoms with Gasteiger partial charge >= 0.3 is 0 Å². The summed E-state index contributed by atoms with van der Waals surface area (Å²) < 4.78 is 0. The van der Waals surface area contributed by atoms with Crippen molar-refractivity contribution in [3.8, 4) is 0 Å². The van der Waals surface area contributed by atoms with Gasteiger partial charge in [-0.15, -0.1) is 0 Å². The molecule has 1 saturated carbocycles. The Balaban J connectivity index is 2.25. The minimum Gasteiger partial charge on any atom is -0.299 e. The first-order valence-corrected chi connectivity index (χ1v) is 6.53. The molecule has 1 heteroatoms. The summed E-state index contributed by atoms with van der Waals surface area (Å²) in [5.41, 5.74) is 1.27. The summed E-state index contributed by atoms with van der Waals surface area (Å²) in [6.45, 7) is 2.03. The van der Waals surface area contributed by atoms with Crippen LogP contribution >= 0.6 is 0 Å². The predicted octanol–water partition coefficient (Wildman–Crippen LogP) is 4.11. The average Bonchev–Trinajstić information content (AvgIpc) is 2.38. The zero-order valence-electron chi connectivity index (χ0n) is 10.4. The third-order valence-electron chi connectivity index (χ3n) is 3.62. The Morgan fingerprint density at radius 2 is 2.00 bits per heavy atom. The molecule has 90 valence electrons. The van der Waals surface area contributed by atoms with Gasteiger partial charge in [0.15, 0.2) is 0 Å². The summed E-state index contributed by atoms with van der Waals surface area (Å²) >= 11 is 0. The number of rotatable bonds is 3. The van der Waals surface area contributed by atoms with Crippen molar-refractivity contribution in [1.82, 2.24) is 0 Å². The Bertz CT molecular complexity index is 391. The Morgan fingerprint density at radius 3 is 2.65 bits per heavy atom. The van der Waals surface area contributed by atoms with Crippen LogP contribution in [0.1, 0.15) is 44.1 Å². The van der Waals surface area contributed by atoms with E-state index in [0.717, 1.165) is 19.3 Å². The molecular weight excluding hydrogens is 208 g/mol. The summed E-state index contributed by atoms with van der Waals surface area (Å²) in [4.78, 5) is 12.0. The van der Waals surface area contributed by atoms with Gasteiger partial charge in [0.25, 0.3) is 0 Å². The minimum absolute atomic E-state index is 0.197. The quantitative estimate of drug-likeness (QED) is 0.712. The zero-order chi connectivity index (χ0) is 12.1. The second-order valence-corrected chi connectivity index (χ2v) is 4.78. The van der Waals surface area contributed by atoms with Crippen LogP contribution in [-0.4, -0.2) is 5.78 Å². The van der Waals surface area contributed by atoms with Crippen LogP contribution < -0.4 is 0 Å². The van der Waals surface area contributed by atoms with Gasteiger partial charge in [0.2, 0.25) is 0 Å². The summed E-state index contributed by atoms with van der Waals surface area (Å²) in [6.07, 6.45) is 8.33. The number of Topliss-reactive ketones (excluding diaryl/α,β-unsaturated/α-hetero) is 1. The molecule has 1 fully saturated rings.